The van der Waals surface area contributed by atoms with Crippen LogP contribution in [-0.2, 0) is 9.59 Å². The molecule has 1 heterocycles. The molecule has 2 aromatic rings. The second-order valence-electron chi connectivity index (χ2n) is 5.23. The summed E-state index contributed by atoms with van der Waals surface area (Å²) < 4.78 is 5.22. The third kappa shape index (κ3) is 3.41. The van der Waals surface area contributed by atoms with Gasteiger partial charge in [0.25, 0.3) is 5.91 Å². The van der Waals surface area contributed by atoms with Gasteiger partial charge in [-0.15, -0.1) is 0 Å². The van der Waals surface area contributed by atoms with Crippen molar-refractivity contribution in [3.05, 3.63) is 54.6 Å². The molecule has 3 rings (SSSR count). The molecule has 0 saturated carbocycles. The molecule has 2 aromatic carbocycles. The predicted molar refractivity (Wildman–Crippen MR) is 99.3 cm³/mol. The zero-order chi connectivity index (χ0) is 17.8. The highest BCUT2D eigenvalue weighted by molar-refractivity contribution is 7.80. The van der Waals surface area contributed by atoms with Crippen molar-refractivity contribution in [2.45, 2.75) is 0 Å². The summed E-state index contributed by atoms with van der Waals surface area (Å²) in [6.07, 6.45) is 1.31. The lowest BCUT2D eigenvalue weighted by Crippen LogP contribution is -2.58. The molecule has 0 spiro atoms. The number of aliphatic imine (C=N–C) groups is 1. The molecule has 1 aliphatic rings. The Morgan fingerprint density at radius 3 is 2.52 bits per heavy atom. The molecule has 1 saturated heterocycles. The Bertz CT molecular complexity index is 852. The van der Waals surface area contributed by atoms with E-state index in [0.29, 0.717) is 17.1 Å². The summed E-state index contributed by atoms with van der Waals surface area (Å²) >= 11 is 5.14. The molecule has 0 unspecified atom stereocenters. The van der Waals surface area contributed by atoms with E-state index in [1.54, 1.807) is 42.5 Å². The zero-order valence-electron chi connectivity index (χ0n) is 13.4. The van der Waals surface area contributed by atoms with Crippen molar-refractivity contribution in [1.82, 2.24) is 5.32 Å². The lowest BCUT2D eigenvalue weighted by atomic mass is 10.1. The number of amides is 2. The van der Waals surface area contributed by atoms with Gasteiger partial charge >= 0.3 is 0 Å². The van der Waals surface area contributed by atoms with Gasteiger partial charge in [0.2, 0.25) is 5.91 Å². The van der Waals surface area contributed by atoms with Gasteiger partial charge in [-0.3, -0.25) is 19.5 Å². The van der Waals surface area contributed by atoms with Crippen molar-refractivity contribution < 1.29 is 14.3 Å². The van der Waals surface area contributed by atoms with E-state index in [9.17, 15) is 9.59 Å². The molecule has 0 aliphatic carbocycles. The van der Waals surface area contributed by atoms with Crippen molar-refractivity contribution in [3.63, 3.8) is 0 Å². The van der Waals surface area contributed by atoms with Crippen molar-refractivity contribution in [3.8, 4) is 5.75 Å². The van der Waals surface area contributed by atoms with Gasteiger partial charge in [0.15, 0.2) is 11.0 Å². The van der Waals surface area contributed by atoms with Gasteiger partial charge < -0.3 is 10.1 Å². The molecule has 1 fully saturated rings. The minimum atomic E-state index is -1.07. The van der Waals surface area contributed by atoms with Gasteiger partial charge in [0.05, 0.1) is 12.8 Å². The monoisotopic (exact) mass is 353 g/mol. The molecule has 25 heavy (non-hydrogen) atoms. The highest BCUT2D eigenvalue weighted by atomic mass is 32.1. The highest BCUT2D eigenvalue weighted by Gasteiger charge is 2.38. The van der Waals surface area contributed by atoms with Crippen LogP contribution < -0.4 is 15.0 Å². The minimum Gasteiger partial charge on any atom is -0.494 e. The average molecular weight is 353 g/mol. The predicted octanol–water partition coefficient (Wildman–Crippen LogP) is 2.46. The van der Waals surface area contributed by atoms with Gasteiger partial charge in [0.1, 0.15) is 11.4 Å². The van der Waals surface area contributed by atoms with Crippen molar-refractivity contribution in [1.29, 1.82) is 0 Å². The molecule has 1 N–H and O–H groups in total. The Hall–Kier alpha value is -3.06. The number of carbonyl (C=O) groups excluding carboxylic acids is 2. The number of anilines is 1. The smallest absolute Gasteiger partial charge is 0.251 e. The van der Waals surface area contributed by atoms with Crippen LogP contribution in [0.5, 0.6) is 5.75 Å². The van der Waals surface area contributed by atoms with Crippen LogP contribution in [0, 0.1) is 5.92 Å². The van der Waals surface area contributed by atoms with Crippen LogP contribution in [0.1, 0.15) is 0 Å². The summed E-state index contributed by atoms with van der Waals surface area (Å²) in [5, 5.41) is 2.61. The summed E-state index contributed by atoms with van der Waals surface area (Å²) in [6.45, 7) is 0. The Labute approximate surface area is 150 Å². The number of hydrogen-bond donors (Lipinski definition) is 1. The molecule has 0 bridgehead atoms. The molecule has 1 aliphatic heterocycles. The number of hydrogen-bond acceptors (Lipinski definition) is 5. The first-order valence-corrected chi connectivity index (χ1v) is 7.93. The first-order valence-electron chi connectivity index (χ1n) is 7.53. The van der Waals surface area contributed by atoms with Crippen LogP contribution in [0.3, 0.4) is 0 Å². The topological polar surface area (TPSA) is 71.0 Å². The van der Waals surface area contributed by atoms with E-state index in [-0.39, 0.29) is 5.11 Å². The van der Waals surface area contributed by atoms with Gasteiger partial charge in [-0.05, 0) is 36.5 Å². The maximum Gasteiger partial charge on any atom is 0.251 e. The first-order chi connectivity index (χ1) is 12.1. The van der Waals surface area contributed by atoms with E-state index in [1.165, 1.54) is 18.2 Å². The highest BCUT2D eigenvalue weighted by Crippen LogP contribution is 2.27. The van der Waals surface area contributed by atoms with Gasteiger partial charge in [-0.1, -0.05) is 30.3 Å². The Balaban J connectivity index is 1.90. The van der Waals surface area contributed by atoms with Crippen molar-refractivity contribution in [2.75, 3.05) is 12.0 Å². The number of nitrogens with zero attached hydrogens (tertiary/aromatic N) is 2. The second kappa shape index (κ2) is 7.23. The SMILES string of the molecule is COc1ccccc1N=C[C@@H]1C(=O)NC(=S)N(c2ccccc2)C1=O. The number of para-hydroxylation sites is 3. The lowest BCUT2D eigenvalue weighted by Gasteiger charge is -2.30. The number of ether oxygens (including phenoxy) is 1. The summed E-state index contributed by atoms with van der Waals surface area (Å²) in [5.74, 6) is -1.46. The fourth-order valence-electron chi connectivity index (χ4n) is 2.43. The summed E-state index contributed by atoms with van der Waals surface area (Å²) in [5.41, 5.74) is 1.12. The van der Waals surface area contributed by atoms with E-state index >= 15 is 0 Å². The standard InChI is InChI=1S/C18H15N3O3S/c1-24-15-10-6-5-9-14(15)19-11-13-16(22)20-18(25)21(17(13)23)12-7-3-2-4-8-12/h2-11,13H,1H3,(H,20,22,25)/t13-/m1/s1. The van der Waals surface area contributed by atoms with E-state index < -0.39 is 17.7 Å². The van der Waals surface area contributed by atoms with E-state index in [1.807, 2.05) is 12.1 Å². The molecule has 7 heteroatoms. The summed E-state index contributed by atoms with van der Waals surface area (Å²) in [4.78, 5) is 30.5. The van der Waals surface area contributed by atoms with Crippen LogP contribution in [0.15, 0.2) is 59.6 Å². The number of benzene rings is 2. The number of carbonyl (C=O) groups is 2. The van der Waals surface area contributed by atoms with Crippen LogP contribution in [0.25, 0.3) is 0 Å². The first kappa shape index (κ1) is 16.8. The maximum atomic E-state index is 12.8. The number of nitrogens with one attached hydrogen (secondary N) is 1. The molecule has 126 valence electrons. The fourth-order valence-corrected chi connectivity index (χ4v) is 2.73. The zero-order valence-corrected chi connectivity index (χ0v) is 14.2. The largest absolute Gasteiger partial charge is 0.494 e. The summed E-state index contributed by atoms with van der Waals surface area (Å²) in [7, 11) is 1.53. The molecule has 2 amide bonds. The number of rotatable bonds is 4. The third-order valence-corrected chi connectivity index (χ3v) is 3.95. The molecule has 0 aromatic heterocycles. The van der Waals surface area contributed by atoms with Gasteiger partial charge in [-0.2, -0.15) is 0 Å². The van der Waals surface area contributed by atoms with E-state index in [0.717, 1.165) is 0 Å². The average Bonchev–Trinajstić information content (AvgIpc) is 2.62. The van der Waals surface area contributed by atoms with Crippen LogP contribution in [0.4, 0.5) is 11.4 Å². The molecule has 6 nitrogen and oxygen atoms in total. The molecular weight excluding hydrogens is 338 g/mol. The third-order valence-electron chi connectivity index (χ3n) is 3.66. The lowest BCUT2D eigenvalue weighted by molar-refractivity contribution is -0.130. The van der Waals surface area contributed by atoms with E-state index in [4.69, 9.17) is 17.0 Å². The fraction of sp³-hybridized carbons (Fsp3) is 0.111. The van der Waals surface area contributed by atoms with Crippen molar-refractivity contribution in [2.24, 2.45) is 10.9 Å². The molecular formula is C18H15N3O3S. The van der Waals surface area contributed by atoms with Gasteiger partial charge in [-0.25, -0.2) is 0 Å². The minimum absolute atomic E-state index is 0.0585. The summed E-state index contributed by atoms with van der Waals surface area (Å²) in [6, 6.07) is 16.0. The van der Waals surface area contributed by atoms with Crippen LogP contribution in [0.2, 0.25) is 0 Å². The Morgan fingerprint density at radius 1 is 1.12 bits per heavy atom. The number of thiocarbonyl (C=S) groups is 1. The Morgan fingerprint density at radius 2 is 1.80 bits per heavy atom. The quantitative estimate of drug-likeness (QED) is 0.521. The maximum absolute atomic E-state index is 12.8. The molecule has 1 atom stereocenters. The van der Waals surface area contributed by atoms with Crippen molar-refractivity contribution >= 4 is 46.7 Å². The van der Waals surface area contributed by atoms with Gasteiger partial charge in [0, 0.05) is 6.21 Å². The number of methoxy groups -OCH3 is 1. The Kier molecular flexibility index (Phi) is 4.85. The van der Waals surface area contributed by atoms with Crippen LogP contribution in [-0.4, -0.2) is 30.3 Å². The second-order valence-corrected chi connectivity index (χ2v) is 5.62. The van der Waals surface area contributed by atoms with E-state index in [2.05, 4.69) is 10.3 Å². The molecule has 0 radical (unpaired) electrons. The van der Waals surface area contributed by atoms with Crippen LogP contribution >= 0.6 is 12.2 Å². The normalized spacial score (nSPS) is 17.7.